The zero-order valence-corrected chi connectivity index (χ0v) is 12.0. The highest BCUT2D eigenvalue weighted by molar-refractivity contribution is 5.35. The molecule has 0 saturated carbocycles. The summed E-state index contributed by atoms with van der Waals surface area (Å²) in [6.45, 7) is 4.32. The van der Waals surface area contributed by atoms with Gasteiger partial charge in [-0.25, -0.2) is 8.78 Å². The average molecular weight is 279 g/mol. The molecule has 1 unspecified atom stereocenters. The van der Waals surface area contributed by atoms with E-state index >= 15 is 0 Å². The smallest absolute Gasteiger partial charge is 0.134 e. The zero-order chi connectivity index (χ0) is 14.7. The highest BCUT2D eigenvalue weighted by Crippen LogP contribution is 2.28. The summed E-state index contributed by atoms with van der Waals surface area (Å²) < 4.78 is 30.0. The molecule has 0 saturated heterocycles. The fourth-order valence-electron chi connectivity index (χ4n) is 2.21. The lowest BCUT2D eigenvalue weighted by atomic mass is 9.98. The van der Waals surface area contributed by atoms with Crippen molar-refractivity contribution in [2.24, 2.45) is 7.05 Å². The number of halogens is 2. The molecule has 108 valence electrons. The minimum absolute atomic E-state index is 0.0615. The Hall–Kier alpha value is -1.75. The summed E-state index contributed by atoms with van der Waals surface area (Å²) in [6, 6.07) is 2.24. The molecule has 0 aliphatic rings. The normalized spacial score (nSPS) is 12.7. The molecule has 1 heterocycles. The minimum Gasteiger partial charge on any atom is -0.306 e. The first kappa shape index (κ1) is 14.7. The van der Waals surface area contributed by atoms with Crippen molar-refractivity contribution in [2.75, 3.05) is 6.54 Å². The van der Waals surface area contributed by atoms with Gasteiger partial charge in [-0.05, 0) is 31.5 Å². The van der Waals surface area contributed by atoms with E-state index in [4.69, 9.17) is 0 Å². The second-order valence-electron chi connectivity index (χ2n) is 4.93. The summed E-state index contributed by atoms with van der Waals surface area (Å²) in [6.07, 6.45) is 4.29. The largest absolute Gasteiger partial charge is 0.306 e. The molecule has 2 rings (SSSR count). The molecule has 0 spiro atoms. The molecule has 0 bridgehead atoms. The third-order valence-electron chi connectivity index (χ3n) is 3.26. The van der Waals surface area contributed by atoms with Crippen molar-refractivity contribution in [2.45, 2.75) is 26.3 Å². The van der Waals surface area contributed by atoms with Crippen LogP contribution < -0.4 is 5.32 Å². The van der Waals surface area contributed by atoms with Crippen LogP contribution >= 0.6 is 0 Å². The van der Waals surface area contributed by atoms with Crippen LogP contribution in [0.25, 0.3) is 0 Å². The molecule has 0 radical (unpaired) electrons. The maximum atomic E-state index is 14.3. The molecule has 1 atom stereocenters. The van der Waals surface area contributed by atoms with Gasteiger partial charge in [0.05, 0.1) is 12.2 Å². The van der Waals surface area contributed by atoms with Crippen LogP contribution in [0.3, 0.4) is 0 Å². The van der Waals surface area contributed by atoms with Gasteiger partial charge in [-0.2, -0.15) is 5.10 Å². The topological polar surface area (TPSA) is 29.9 Å². The van der Waals surface area contributed by atoms with Crippen molar-refractivity contribution in [1.82, 2.24) is 15.1 Å². The number of rotatable bonds is 5. The van der Waals surface area contributed by atoms with E-state index in [9.17, 15) is 8.78 Å². The fraction of sp³-hybridized carbons (Fsp3) is 0.400. The predicted octanol–water partition coefficient (Wildman–Crippen LogP) is 3.10. The summed E-state index contributed by atoms with van der Waals surface area (Å²) >= 11 is 0. The Labute approximate surface area is 117 Å². The van der Waals surface area contributed by atoms with E-state index in [1.807, 2.05) is 6.92 Å². The van der Waals surface area contributed by atoms with E-state index in [0.29, 0.717) is 12.1 Å². The summed E-state index contributed by atoms with van der Waals surface area (Å²) in [5.41, 5.74) is 1.25. The highest BCUT2D eigenvalue weighted by Gasteiger charge is 2.23. The van der Waals surface area contributed by atoms with Crippen molar-refractivity contribution in [3.63, 3.8) is 0 Å². The van der Waals surface area contributed by atoms with Crippen LogP contribution in [0.1, 0.15) is 36.1 Å². The summed E-state index contributed by atoms with van der Waals surface area (Å²) in [7, 11) is 1.78. The number of aryl methyl sites for hydroxylation is 2. The van der Waals surface area contributed by atoms with E-state index in [1.165, 1.54) is 12.1 Å². The lowest BCUT2D eigenvalue weighted by molar-refractivity contribution is 0.499. The van der Waals surface area contributed by atoms with Gasteiger partial charge in [0.1, 0.15) is 11.6 Å². The third-order valence-corrected chi connectivity index (χ3v) is 3.26. The van der Waals surface area contributed by atoms with Gasteiger partial charge < -0.3 is 5.32 Å². The van der Waals surface area contributed by atoms with E-state index in [1.54, 1.807) is 31.0 Å². The minimum atomic E-state index is -0.537. The van der Waals surface area contributed by atoms with Crippen LogP contribution in [-0.4, -0.2) is 16.3 Å². The van der Waals surface area contributed by atoms with Crippen molar-refractivity contribution >= 4 is 0 Å². The molecule has 0 amide bonds. The monoisotopic (exact) mass is 279 g/mol. The average Bonchev–Trinajstić information content (AvgIpc) is 2.84. The summed E-state index contributed by atoms with van der Waals surface area (Å²) in [4.78, 5) is 0. The number of hydrogen-bond acceptors (Lipinski definition) is 2. The van der Waals surface area contributed by atoms with Gasteiger partial charge >= 0.3 is 0 Å². The maximum Gasteiger partial charge on any atom is 0.134 e. The summed E-state index contributed by atoms with van der Waals surface area (Å²) in [5, 5.41) is 7.28. The van der Waals surface area contributed by atoms with Crippen molar-refractivity contribution < 1.29 is 8.78 Å². The Kier molecular flexibility index (Phi) is 4.49. The van der Waals surface area contributed by atoms with Gasteiger partial charge in [0.25, 0.3) is 0 Å². The SMILES string of the molecule is CCCNC(c1cnn(C)c1)c1c(F)ccc(C)c1F. The quantitative estimate of drug-likeness (QED) is 0.911. The van der Waals surface area contributed by atoms with Crippen molar-refractivity contribution in [1.29, 1.82) is 0 Å². The second kappa shape index (κ2) is 6.13. The Balaban J connectivity index is 2.49. The maximum absolute atomic E-state index is 14.3. The predicted molar refractivity (Wildman–Crippen MR) is 74.4 cm³/mol. The van der Waals surface area contributed by atoms with Gasteiger partial charge in [-0.1, -0.05) is 13.0 Å². The number of aromatic nitrogens is 2. The van der Waals surface area contributed by atoms with Crippen LogP contribution in [-0.2, 0) is 7.05 Å². The fourth-order valence-corrected chi connectivity index (χ4v) is 2.21. The van der Waals surface area contributed by atoms with Gasteiger partial charge in [-0.3, -0.25) is 4.68 Å². The number of nitrogens with one attached hydrogen (secondary N) is 1. The Morgan fingerprint density at radius 1 is 1.35 bits per heavy atom. The Morgan fingerprint density at radius 3 is 2.70 bits per heavy atom. The first-order chi connectivity index (χ1) is 9.54. The van der Waals surface area contributed by atoms with Crippen LogP contribution in [0.4, 0.5) is 8.78 Å². The molecule has 0 fully saturated rings. The van der Waals surface area contributed by atoms with Crippen LogP contribution in [0.5, 0.6) is 0 Å². The first-order valence-electron chi connectivity index (χ1n) is 6.71. The van der Waals surface area contributed by atoms with Gasteiger partial charge in [0.15, 0.2) is 0 Å². The molecule has 0 aliphatic carbocycles. The summed E-state index contributed by atoms with van der Waals surface area (Å²) in [5.74, 6) is -1.03. The Morgan fingerprint density at radius 2 is 2.10 bits per heavy atom. The second-order valence-corrected chi connectivity index (χ2v) is 4.93. The lowest BCUT2D eigenvalue weighted by Gasteiger charge is -2.19. The molecule has 1 aromatic carbocycles. The van der Waals surface area contributed by atoms with E-state index in [0.717, 1.165) is 12.0 Å². The van der Waals surface area contributed by atoms with E-state index < -0.39 is 17.7 Å². The van der Waals surface area contributed by atoms with Crippen molar-refractivity contribution in [3.8, 4) is 0 Å². The molecular weight excluding hydrogens is 260 g/mol. The van der Waals surface area contributed by atoms with Crippen LogP contribution in [0.2, 0.25) is 0 Å². The molecule has 5 heteroatoms. The molecular formula is C15H19F2N3. The number of nitrogens with zero attached hydrogens (tertiary/aromatic N) is 2. The lowest BCUT2D eigenvalue weighted by Crippen LogP contribution is -2.25. The molecule has 1 aromatic heterocycles. The van der Waals surface area contributed by atoms with Gasteiger partial charge in [0, 0.05) is 24.4 Å². The van der Waals surface area contributed by atoms with E-state index in [2.05, 4.69) is 10.4 Å². The first-order valence-corrected chi connectivity index (χ1v) is 6.71. The highest BCUT2D eigenvalue weighted by atomic mass is 19.1. The molecule has 1 N–H and O–H groups in total. The van der Waals surface area contributed by atoms with Crippen LogP contribution in [0.15, 0.2) is 24.5 Å². The number of hydrogen-bond donors (Lipinski definition) is 1. The molecule has 2 aromatic rings. The van der Waals surface area contributed by atoms with Crippen molar-refractivity contribution in [3.05, 3.63) is 52.9 Å². The zero-order valence-electron chi connectivity index (χ0n) is 12.0. The van der Waals surface area contributed by atoms with E-state index in [-0.39, 0.29) is 5.56 Å². The number of benzene rings is 1. The molecule has 20 heavy (non-hydrogen) atoms. The molecule has 0 aliphatic heterocycles. The van der Waals surface area contributed by atoms with Crippen LogP contribution in [0, 0.1) is 18.6 Å². The third kappa shape index (κ3) is 2.88. The standard InChI is InChI=1S/C15H19F2N3/c1-4-7-18-15(11-8-19-20(3)9-11)13-12(16)6-5-10(2)14(13)17/h5-6,8-9,15,18H,4,7H2,1-3H3. The van der Waals surface area contributed by atoms with Gasteiger partial charge in [-0.15, -0.1) is 0 Å². The molecule has 3 nitrogen and oxygen atoms in total. The van der Waals surface area contributed by atoms with Gasteiger partial charge in [0.2, 0.25) is 0 Å². The Bertz CT molecular complexity index is 593.